The van der Waals surface area contributed by atoms with Crippen molar-refractivity contribution in [3.63, 3.8) is 0 Å². The molecule has 0 rings (SSSR count). The smallest absolute Gasteiger partial charge is 0.381 e. The molecule has 0 saturated heterocycles. The van der Waals surface area contributed by atoms with Gasteiger partial charge in [-0.1, -0.05) is 34.1 Å². The Morgan fingerprint density at radius 2 is 1.64 bits per heavy atom. The summed E-state index contributed by atoms with van der Waals surface area (Å²) in [4.78, 5) is 23.7. The van der Waals surface area contributed by atoms with Crippen LogP contribution in [0.2, 0.25) is 0 Å². The van der Waals surface area contributed by atoms with Crippen LogP contribution in [0.3, 0.4) is 0 Å². The minimum Gasteiger partial charge on any atom is -0.461 e. The maximum absolute atomic E-state index is 14.1. The van der Waals surface area contributed by atoms with E-state index in [-0.39, 0.29) is 13.0 Å². The van der Waals surface area contributed by atoms with Crippen molar-refractivity contribution in [2.45, 2.75) is 78.7 Å². The van der Waals surface area contributed by atoms with Crippen molar-refractivity contribution in [2.24, 2.45) is 5.41 Å². The van der Waals surface area contributed by atoms with Gasteiger partial charge in [-0.05, 0) is 32.6 Å². The van der Waals surface area contributed by atoms with Crippen molar-refractivity contribution in [3.05, 3.63) is 0 Å². The third-order valence-corrected chi connectivity index (χ3v) is 3.81. The zero-order chi connectivity index (χ0) is 17.4. The SMILES string of the molecule is CCCOC(=O)C(F)(F)C(CC)OC(=O)C(C)(CC)CCC. The van der Waals surface area contributed by atoms with E-state index in [9.17, 15) is 18.4 Å². The van der Waals surface area contributed by atoms with Crippen molar-refractivity contribution in [1.82, 2.24) is 0 Å². The summed E-state index contributed by atoms with van der Waals surface area (Å²) >= 11 is 0. The fourth-order valence-corrected chi connectivity index (χ4v) is 2.08. The Morgan fingerprint density at radius 1 is 1.05 bits per heavy atom. The Labute approximate surface area is 131 Å². The average Bonchev–Trinajstić information content (AvgIpc) is 2.49. The first kappa shape index (κ1) is 20.8. The van der Waals surface area contributed by atoms with Crippen LogP contribution < -0.4 is 0 Å². The number of carbonyl (C=O) groups excluding carboxylic acids is 2. The first-order valence-electron chi connectivity index (χ1n) is 7.95. The molecular formula is C16H28F2O4. The van der Waals surface area contributed by atoms with Crippen molar-refractivity contribution >= 4 is 11.9 Å². The van der Waals surface area contributed by atoms with Gasteiger partial charge in [0.2, 0.25) is 0 Å². The topological polar surface area (TPSA) is 52.6 Å². The molecule has 0 aromatic heterocycles. The molecule has 0 radical (unpaired) electrons. The van der Waals surface area contributed by atoms with E-state index >= 15 is 0 Å². The van der Waals surface area contributed by atoms with Crippen LogP contribution in [0.5, 0.6) is 0 Å². The number of alkyl halides is 2. The normalized spacial score (nSPS) is 15.8. The second-order valence-corrected chi connectivity index (χ2v) is 5.73. The Hall–Kier alpha value is -1.20. The fraction of sp³-hybridized carbons (Fsp3) is 0.875. The Bertz CT molecular complexity index is 371. The van der Waals surface area contributed by atoms with Crippen LogP contribution in [-0.2, 0) is 19.1 Å². The third-order valence-electron chi connectivity index (χ3n) is 3.81. The molecule has 0 aromatic carbocycles. The summed E-state index contributed by atoms with van der Waals surface area (Å²) in [5.41, 5.74) is -0.814. The minimum atomic E-state index is -3.83. The lowest BCUT2D eigenvalue weighted by Crippen LogP contribution is -2.47. The molecule has 0 fully saturated rings. The van der Waals surface area contributed by atoms with E-state index in [1.54, 1.807) is 13.8 Å². The Morgan fingerprint density at radius 3 is 2.05 bits per heavy atom. The van der Waals surface area contributed by atoms with Gasteiger partial charge < -0.3 is 9.47 Å². The van der Waals surface area contributed by atoms with Gasteiger partial charge in [-0.15, -0.1) is 0 Å². The van der Waals surface area contributed by atoms with Gasteiger partial charge in [0.05, 0.1) is 12.0 Å². The van der Waals surface area contributed by atoms with Gasteiger partial charge in [0.15, 0.2) is 6.10 Å². The molecule has 0 N–H and O–H groups in total. The number of esters is 2. The molecule has 6 heteroatoms. The second-order valence-electron chi connectivity index (χ2n) is 5.73. The number of halogens is 2. The first-order chi connectivity index (χ1) is 10.2. The molecule has 2 atom stereocenters. The van der Waals surface area contributed by atoms with Gasteiger partial charge in [0.1, 0.15) is 0 Å². The van der Waals surface area contributed by atoms with Gasteiger partial charge in [0, 0.05) is 0 Å². The highest BCUT2D eigenvalue weighted by Gasteiger charge is 2.51. The lowest BCUT2D eigenvalue weighted by molar-refractivity contribution is -0.203. The predicted molar refractivity (Wildman–Crippen MR) is 79.7 cm³/mol. The highest BCUT2D eigenvalue weighted by molar-refractivity contribution is 5.80. The fourth-order valence-electron chi connectivity index (χ4n) is 2.08. The third kappa shape index (κ3) is 5.21. The second kappa shape index (κ2) is 9.06. The molecule has 130 valence electrons. The molecule has 4 nitrogen and oxygen atoms in total. The van der Waals surface area contributed by atoms with Gasteiger partial charge in [-0.2, -0.15) is 8.78 Å². The summed E-state index contributed by atoms with van der Waals surface area (Å²) in [5, 5.41) is 0. The standard InChI is InChI=1S/C16H28F2O4/c1-6-10-15(5,9-4)13(19)22-12(8-3)16(17,18)14(20)21-11-7-2/h12H,6-11H2,1-5H3. The first-order valence-corrected chi connectivity index (χ1v) is 7.95. The lowest BCUT2D eigenvalue weighted by Gasteiger charge is -2.30. The number of rotatable bonds is 10. The van der Waals surface area contributed by atoms with E-state index in [0.717, 1.165) is 6.42 Å². The molecule has 0 heterocycles. The summed E-state index contributed by atoms with van der Waals surface area (Å²) < 4.78 is 37.7. The number of hydrogen-bond acceptors (Lipinski definition) is 4. The zero-order valence-corrected chi connectivity index (χ0v) is 14.2. The predicted octanol–water partition coefficient (Wildman–Crippen LogP) is 4.11. The average molecular weight is 322 g/mol. The molecule has 0 spiro atoms. The van der Waals surface area contributed by atoms with Crippen LogP contribution in [0.1, 0.15) is 66.7 Å². The van der Waals surface area contributed by atoms with Crippen LogP contribution in [0.25, 0.3) is 0 Å². The molecule has 0 aromatic rings. The van der Waals surface area contributed by atoms with Crippen molar-refractivity contribution in [2.75, 3.05) is 6.61 Å². The van der Waals surface area contributed by atoms with Gasteiger partial charge in [-0.3, -0.25) is 4.79 Å². The maximum Gasteiger partial charge on any atom is 0.381 e. The van der Waals surface area contributed by atoms with Gasteiger partial charge in [-0.25, -0.2) is 4.79 Å². The zero-order valence-electron chi connectivity index (χ0n) is 14.2. The quantitative estimate of drug-likeness (QED) is 0.568. The molecule has 0 bridgehead atoms. The highest BCUT2D eigenvalue weighted by atomic mass is 19.3. The largest absolute Gasteiger partial charge is 0.461 e. The van der Waals surface area contributed by atoms with Crippen LogP contribution >= 0.6 is 0 Å². The van der Waals surface area contributed by atoms with E-state index in [1.807, 2.05) is 13.8 Å². The molecule has 0 aliphatic carbocycles. The summed E-state index contributed by atoms with van der Waals surface area (Å²) in [7, 11) is 0. The van der Waals surface area contributed by atoms with Crippen molar-refractivity contribution < 1.29 is 27.8 Å². The minimum absolute atomic E-state index is 0.0820. The molecular weight excluding hydrogens is 294 g/mol. The van der Waals surface area contributed by atoms with Crippen molar-refractivity contribution in [1.29, 1.82) is 0 Å². The summed E-state index contributed by atoms with van der Waals surface area (Å²) in [5.74, 6) is -6.16. The van der Waals surface area contributed by atoms with Crippen LogP contribution in [0.15, 0.2) is 0 Å². The van der Waals surface area contributed by atoms with Crippen LogP contribution in [0, 0.1) is 5.41 Å². The Balaban J connectivity index is 5.03. The summed E-state index contributed by atoms with van der Waals surface area (Å²) in [6, 6.07) is 0. The van der Waals surface area contributed by atoms with Crippen LogP contribution in [0.4, 0.5) is 8.78 Å². The molecule has 2 unspecified atom stereocenters. The monoisotopic (exact) mass is 322 g/mol. The lowest BCUT2D eigenvalue weighted by atomic mass is 9.83. The molecule has 0 aliphatic heterocycles. The number of carbonyl (C=O) groups is 2. The van der Waals surface area contributed by atoms with Gasteiger partial charge >= 0.3 is 17.9 Å². The van der Waals surface area contributed by atoms with E-state index < -0.39 is 29.4 Å². The maximum atomic E-state index is 14.1. The van der Waals surface area contributed by atoms with E-state index in [0.29, 0.717) is 19.3 Å². The molecule has 0 amide bonds. The number of ether oxygens (including phenoxy) is 2. The molecule has 22 heavy (non-hydrogen) atoms. The van der Waals surface area contributed by atoms with Gasteiger partial charge in [0.25, 0.3) is 0 Å². The molecule has 0 aliphatic rings. The Kier molecular flexibility index (Phi) is 8.56. The summed E-state index contributed by atoms with van der Waals surface area (Å²) in [6.45, 7) is 8.49. The van der Waals surface area contributed by atoms with Crippen LogP contribution in [-0.4, -0.2) is 30.6 Å². The van der Waals surface area contributed by atoms with E-state index in [1.165, 1.54) is 6.92 Å². The summed E-state index contributed by atoms with van der Waals surface area (Å²) in [6.07, 6.45) is 0.263. The van der Waals surface area contributed by atoms with E-state index in [4.69, 9.17) is 4.74 Å². The number of hydrogen-bond donors (Lipinski definition) is 0. The molecule has 0 saturated carbocycles. The van der Waals surface area contributed by atoms with Crippen molar-refractivity contribution in [3.8, 4) is 0 Å². The highest BCUT2D eigenvalue weighted by Crippen LogP contribution is 2.33. The van der Waals surface area contributed by atoms with E-state index in [2.05, 4.69) is 4.74 Å².